The molecule has 0 unspecified atom stereocenters. The number of rotatable bonds is 0. The summed E-state index contributed by atoms with van der Waals surface area (Å²) in [7, 11) is 0. The molecule has 0 spiro atoms. The Balaban J connectivity index is -0.00000000500. The van der Waals surface area contributed by atoms with E-state index in [9.17, 15) is 0 Å². The summed E-state index contributed by atoms with van der Waals surface area (Å²) in [4.78, 5) is 0. The Morgan fingerprint density at radius 1 is 1.25 bits per heavy atom. The summed E-state index contributed by atoms with van der Waals surface area (Å²) in [6, 6.07) is 0. The van der Waals surface area contributed by atoms with Crippen molar-refractivity contribution in [2.75, 3.05) is 0 Å². The van der Waals surface area contributed by atoms with Crippen LogP contribution in [0.4, 0.5) is 0 Å². The van der Waals surface area contributed by atoms with Gasteiger partial charge in [-0.25, -0.2) is 0 Å². The van der Waals surface area contributed by atoms with E-state index in [2.05, 4.69) is 0 Å². The van der Waals surface area contributed by atoms with Crippen molar-refractivity contribution in [1.82, 2.24) is 0 Å². The minimum atomic E-state index is -0.0833. The first-order valence-corrected chi connectivity index (χ1v) is 1.75. The normalized spacial score (nSPS) is 1.50. The second kappa shape index (κ2) is 17.2. The van der Waals surface area contributed by atoms with Gasteiger partial charge in [0, 0.05) is 21.1 Å². The molecule has 0 aliphatic heterocycles. The molecule has 0 aromatic carbocycles. The molecule has 4 heavy (non-hydrogen) atoms. The fraction of sp³-hybridized carbons (Fsp3) is 0. The van der Waals surface area contributed by atoms with E-state index in [1.807, 2.05) is 0 Å². The van der Waals surface area contributed by atoms with Gasteiger partial charge in [0.05, 0.1) is 0 Å². The van der Waals surface area contributed by atoms with Crippen LogP contribution in [0.3, 0.4) is 0 Å². The number of hydrogen-bond donors (Lipinski definition) is 0. The maximum atomic E-state index is 8.42. The topological polar surface area (TPSA) is 17.1 Å². The van der Waals surface area contributed by atoms with Gasteiger partial charge in [0.2, 0.25) is 0 Å². The molecule has 1 nitrogen and oxygen atoms in total. The molecule has 0 aromatic rings. The van der Waals surface area contributed by atoms with E-state index in [4.69, 9.17) is 0.995 Å². The first-order valence-electron chi connectivity index (χ1n) is 0.236. The molecule has 4 heteroatoms. The van der Waals surface area contributed by atoms with Crippen molar-refractivity contribution >= 4 is 25.8 Å². The van der Waals surface area contributed by atoms with Crippen LogP contribution < -0.4 is 0 Å². The molecule has 0 saturated carbocycles. The molecule has 0 aromatic heterocycles. The first kappa shape index (κ1) is 15.9. The third-order valence-corrected chi connectivity index (χ3v) is 0. The van der Waals surface area contributed by atoms with E-state index in [1.54, 1.807) is 0 Å². The molecule has 0 radical (unpaired) electrons. The van der Waals surface area contributed by atoms with Crippen LogP contribution in [0.5, 0.6) is 0 Å². The fourth-order valence-electron chi connectivity index (χ4n) is 0. The van der Waals surface area contributed by atoms with E-state index < -0.39 is 0 Å². The fourth-order valence-corrected chi connectivity index (χ4v) is 0. The Morgan fingerprint density at radius 2 is 1.25 bits per heavy atom. The number of hydrogen-bond acceptors (Lipinski definition) is 1. The van der Waals surface area contributed by atoms with Crippen LogP contribution in [-0.2, 0) is 22.1 Å². The van der Waals surface area contributed by atoms with Crippen molar-refractivity contribution in [2.45, 2.75) is 0 Å². The molecule has 0 fully saturated rings. The van der Waals surface area contributed by atoms with Gasteiger partial charge in [0.15, 0.2) is 0 Å². The molecule has 0 aliphatic rings. The van der Waals surface area contributed by atoms with Crippen molar-refractivity contribution in [3.8, 4) is 0 Å². The third kappa shape index (κ3) is 8.83. The Labute approximate surface area is 85.2 Å². The molecule has 0 amide bonds. The van der Waals surface area contributed by atoms with Crippen LogP contribution in [0.1, 0.15) is 0 Å². The molecule has 0 N–H and O–H groups in total. The van der Waals surface area contributed by atoms with Gasteiger partial charge in [0.25, 0.3) is 0 Å². The van der Waals surface area contributed by atoms with E-state index in [0.717, 1.165) is 0 Å². The van der Waals surface area contributed by atoms with Crippen molar-refractivity contribution in [2.24, 2.45) is 0 Å². The van der Waals surface area contributed by atoms with E-state index in [-0.39, 0.29) is 86.2 Å². The molecule has 0 aliphatic carbocycles. The van der Waals surface area contributed by atoms with Crippen LogP contribution in [0.2, 0.25) is 0 Å². The zero-order valence-electron chi connectivity index (χ0n) is 1.39. The Hall–Kier alpha value is 2.72. The van der Waals surface area contributed by atoms with Crippen molar-refractivity contribution in [1.29, 1.82) is 0 Å². The van der Waals surface area contributed by atoms with Crippen molar-refractivity contribution in [3.05, 3.63) is 0 Å². The van der Waals surface area contributed by atoms with Crippen molar-refractivity contribution < 1.29 is 61.4 Å². The molecule has 21 valence electrons. The van der Waals surface area contributed by atoms with Gasteiger partial charge in [-0.1, -0.05) is 0 Å². The van der Waals surface area contributed by atoms with Gasteiger partial charge in [-0.15, -0.1) is 0 Å². The third-order valence-electron chi connectivity index (χ3n) is 0. The van der Waals surface area contributed by atoms with E-state index in [1.165, 1.54) is 0 Å². The molecule has 0 saturated heterocycles. The Morgan fingerprint density at radius 3 is 1.25 bits per heavy atom. The van der Waals surface area contributed by atoms with Gasteiger partial charge in [-0.05, 0) is 0 Å². The Bertz CT molecular complexity index is 8.00. The van der Waals surface area contributed by atoms with E-state index in [0.29, 0.717) is 0 Å². The second-order valence-electron chi connectivity index (χ2n) is 0. The zero-order valence-corrected chi connectivity index (χ0v) is 7.11. The summed E-state index contributed by atoms with van der Waals surface area (Å²) in [6.45, 7) is 0. The quantitative estimate of drug-likeness (QED) is 0.484. The van der Waals surface area contributed by atoms with Crippen LogP contribution >= 0.6 is 0 Å². The molecule has 0 heterocycles. The maximum absolute atomic E-state index is 8.42. The second-order valence-corrected chi connectivity index (χ2v) is 0. The summed E-state index contributed by atoms with van der Waals surface area (Å²) in [5.41, 5.74) is 0. The van der Waals surface area contributed by atoms with Crippen LogP contribution in [-0.4, -0.2) is 25.8 Å². The molecular weight excluding hydrogens is 368 g/mol. The van der Waals surface area contributed by atoms with E-state index >= 15 is 0 Å². The SMILES string of the molecule is [InH3].[Mo].[O]=[Pr]. The van der Waals surface area contributed by atoms with Gasteiger partial charge < -0.3 is 0 Å². The van der Waals surface area contributed by atoms with Crippen LogP contribution in [0.25, 0.3) is 0 Å². The predicted octanol–water partition coefficient (Wildman–Crippen LogP) is -1.31. The molecular formula is H3InMoOPr. The van der Waals surface area contributed by atoms with Crippen LogP contribution in [0.15, 0.2) is 0 Å². The predicted molar refractivity (Wildman–Crippen MR) is 10.6 cm³/mol. The summed E-state index contributed by atoms with van der Waals surface area (Å²) < 4.78 is 8.42. The average Bonchev–Trinajstić information content (AvgIpc) is 1.00. The van der Waals surface area contributed by atoms with Gasteiger partial charge in [-0.3, -0.25) is 0 Å². The molecule has 0 rings (SSSR count). The summed E-state index contributed by atoms with van der Waals surface area (Å²) in [6.07, 6.45) is 0. The molecule has 0 atom stereocenters. The summed E-state index contributed by atoms with van der Waals surface area (Å²) in [5, 5.41) is 0. The monoisotopic (exact) mass is 373 g/mol. The first-order chi connectivity index (χ1) is 1.00. The average molecular weight is 371 g/mol. The molecule has 0 bridgehead atoms. The van der Waals surface area contributed by atoms with Gasteiger partial charge in [-0.2, -0.15) is 0 Å². The van der Waals surface area contributed by atoms with Crippen molar-refractivity contribution in [3.63, 3.8) is 0 Å². The standard InChI is InChI=1S/In.Mo.O.Pr.3H. The van der Waals surface area contributed by atoms with Gasteiger partial charge in [0.1, 0.15) is 0 Å². The summed E-state index contributed by atoms with van der Waals surface area (Å²) in [5.74, 6) is 0. The summed E-state index contributed by atoms with van der Waals surface area (Å²) >= 11 is -0.0833. The van der Waals surface area contributed by atoms with Gasteiger partial charge >= 0.3 is 66.2 Å². The Kier molecular flexibility index (Phi) is 68.4. The minimum absolute atomic E-state index is 0. The van der Waals surface area contributed by atoms with Crippen LogP contribution in [0, 0.1) is 39.3 Å². The zero-order chi connectivity index (χ0) is 2.00.